The molecule has 0 aliphatic heterocycles. The fraction of sp³-hybridized carbons (Fsp3) is 0.364. The Bertz CT molecular complexity index is 630. The second-order valence-electron chi connectivity index (χ2n) is 4.21. The number of aliphatic hydroxyl groups is 1. The highest BCUT2D eigenvalue weighted by Crippen LogP contribution is 2.31. The van der Waals surface area contributed by atoms with Crippen LogP contribution in [0.5, 0.6) is 0 Å². The zero-order valence-electron chi connectivity index (χ0n) is 10.7. The SMILES string of the molecule is CC(O)CN(C)S(=O)(=O)c1cc(Cl)cc(C(=O)O)c1Cl. The van der Waals surface area contributed by atoms with Crippen molar-refractivity contribution in [3.05, 3.63) is 27.7 Å². The average Bonchev–Trinajstić information content (AvgIpc) is 2.30. The second kappa shape index (κ2) is 6.28. The lowest BCUT2D eigenvalue weighted by molar-refractivity contribution is 0.0696. The van der Waals surface area contributed by atoms with Crippen LogP contribution in [0.3, 0.4) is 0 Å². The van der Waals surface area contributed by atoms with Gasteiger partial charge in [0.15, 0.2) is 0 Å². The minimum absolute atomic E-state index is 0.0594. The molecule has 0 heterocycles. The van der Waals surface area contributed by atoms with E-state index in [1.165, 1.54) is 14.0 Å². The van der Waals surface area contributed by atoms with E-state index in [1.807, 2.05) is 0 Å². The first-order valence-electron chi connectivity index (χ1n) is 5.44. The van der Waals surface area contributed by atoms with Gasteiger partial charge >= 0.3 is 5.97 Å². The van der Waals surface area contributed by atoms with Crippen LogP contribution < -0.4 is 0 Å². The number of carbonyl (C=O) groups is 1. The van der Waals surface area contributed by atoms with Gasteiger partial charge in [-0.3, -0.25) is 0 Å². The first kappa shape index (κ1) is 17.2. The lowest BCUT2D eigenvalue weighted by Crippen LogP contribution is -2.33. The molecule has 112 valence electrons. The zero-order chi connectivity index (χ0) is 15.7. The van der Waals surface area contributed by atoms with Crippen LogP contribution in [0, 0.1) is 0 Å². The zero-order valence-corrected chi connectivity index (χ0v) is 13.0. The van der Waals surface area contributed by atoms with Crippen LogP contribution in [-0.4, -0.2) is 48.6 Å². The van der Waals surface area contributed by atoms with Gasteiger partial charge in [-0.15, -0.1) is 0 Å². The molecule has 20 heavy (non-hydrogen) atoms. The number of aromatic carboxylic acids is 1. The third-order valence-corrected chi connectivity index (χ3v) is 5.03. The number of aliphatic hydroxyl groups excluding tert-OH is 1. The van der Waals surface area contributed by atoms with Crippen molar-refractivity contribution in [2.45, 2.75) is 17.9 Å². The largest absolute Gasteiger partial charge is 0.478 e. The molecule has 2 N–H and O–H groups in total. The molecule has 1 aromatic rings. The van der Waals surface area contributed by atoms with E-state index in [-0.39, 0.29) is 11.6 Å². The van der Waals surface area contributed by atoms with Gasteiger partial charge in [0.05, 0.1) is 16.7 Å². The van der Waals surface area contributed by atoms with Crippen molar-refractivity contribution in [3.63, 3.8) is 0 Å². The number of benzene rings is 1. The summed E-state index contributed by atoms with van der Waals surface area (Å²) >= 11 is 11.6. The fourth-order valence-electron chi connectivity index (χ4n) is 1.55. The summed E-state index contributed by atoms with van der Waals surface area (Å²) in [5, 5.41) is 17.7. The second-order valence-corrected chi connectivity index (χ2v) is 7.03. The van der Waals surface area contributed by atoms with Gasteiger partial charge in [0, 0.05) is 18.6 Å². The summed E-state index contributed by atoms with van der Waals surface area (Å²) in [6.45, 7) is 1.27. The number of likely N-dealkylation sites (N-methyl/N-ethyl adjacent to an activating group) is 1. The molecule has 1 rings (SSSR count). The molecule has 6 nitrogen and oxygen atoms in total. The third-order valence-electron chi connectivity index (χ3n) is 2.44. The summed E-state index contributed by atoms with van der Waals surface area (Å²) in [6, 6.07) is 2.14. The molecule has 1 unspecified atom stereocenters. The molecule has 0 saturated heterocycles. The molecule has 0 spiro atoms. The Hall–Kier alpha value is -0.860. The van der Waals surface area contributed by atoms with E-state index in [0.717, 1.165) is 16.4 Å². The van der Waals surface area contributed by atoms with Gasteiger partial charge in [-0.2, -0.15) is 4.31 Å². The van der Waals surface area contributed by atoms with Crippen LogP contribution in [0.4, 0.5) is 0 Å². The highest BCUT2D eigenvalue weighted by molar-refractivity contribution is 7.89. The summed E-state index contributed by atoms with van der Waals surface area (Å²) in [4.78, 5) is 10.6. The quantitative estimate of drug-likeness (QED) is 0.849. The van der Waals surface area contributed by atoms with Crippen LogP contribution in [0.25, 0.3) is 0 Å². The van der Waals surface area contributed by atoms with Gasteiger partial charge in [0.1, 0.15) is 4.90 Å². The van der Waals surface area contributed by atoms with E-state index in [2.05, 4.69) is 0 Å². The molecule has 0 saturated carbocycles. The third kappa shape index (κ3) is 3.62. The smallest absolute Gasteiger partial charge is 0.337 e. The van der Waals surface area contributed by atoms with Crippen molar-refractivity contribution >= 4 is 39.2 Å². The average molecular weight is 342 g/mol. The lowest BCUT2D eigenvalue weighted by atomic mass is 10.2. The fourth-order valence-corrected chi connectivity index (χ4v) is 3.67. The number of rotatable bonds is 5. The van der Waals surface area contributed by atoms with Crippen LogP contribution in [0.2, 0.25) is 10.0 Å². The molecule has 0 radical (unpaired) electrons. The van der Waals surface area contributed by atoms with Crippen LogP contribution in [0.15, 0.2) is 17.0 Å². The summed E-state index contributed by atoms with van der Waals surface area (Å²) < 4.78 is 25.5. The number of hydrogen-bond acceptors (Lipinski definition) is 4. The number of hydrogen-bond donors (Lipinski definition) is 2. The molecule has 0 aromatic heterocycles. The molecule has 9 heteroatoms. The number of nitrogens with zero attached hydrogens (tertiary/aromatic N) is 1. The topological polar surface area (TPSA) is 94.9 Å². The molecular weight excluding hydrogens is 329 g/mol. The predicted molar refractivity (Wildman–Crippen MR) is 74.9 cm³/mol. The number of sulfonamides is 1. The summed E-state index contributed by atoms with van der Waals surface area (Å²) in [5.74, 6) is -1.38. The summed E-state index contributed by atoms with van der Waals surface area (Å²) in [5.41, 5.74) is -0.400. The van der Waals surface area contributed by atoms with Crippen LogP contribution in [0.1, 0.15) is 17.3 Å². The van der Waals surface area contributed by atoms with Gasteiger partial charge in [0.2, 0.25) is 10.0 Å². The molecule has 0 aliphatic rings. The van der Waals surface area contributed by atoms with Crippen molar-refractivity contribution in [1.82, 2.24) is 4.31 Å². The summed E-state index contributed by atoms with van der Waals surface area (Å²) in [7, 11) is -2.80. The maximum Gasteiger partial charge on any atom is 0.337 e. The molecule has 0 amide bonds. The van der Waals surface area contributed by atoms with Crippen molar-refractivity contribution < 1.29 is 23.4 Å². The number of carboxylic acid groups (broad SMARTS) is 1. The predicted octanol–water partition coefficient (Wildman–Crippen LogP) is 1.69. The molecule has 1 aromatic carbocycles. The summed E-state index contributed by atoms with van der Waals surface area (Å²) in [6.07, 6.45) is -0.883. The van der Waals surface area contributed by atoms with Gasteiger partial charge in [0.25, 0.3) is 0 Å². The monoisotopic (exact) mass is 341 g/mol. The van der Waals surface area contributed by atoms with Crippen LogP contribution in [-0.2, 0) is 10.0 Å². The van der Waals surface area contributed by atoms with E-state index in [9.17, 15) is 18.3 Å². The maximum atomic E-state index is 12.3. The van der Waals surface area contributed by atoms with Crippen LogP contribution >= 0.6 is 23.2 Å². The van der Waals surface area contributed by atoms with Crippen molar-refractivity contribution in [2.24, 2.45) is 0 Å². The Morgan fingerprint density at radius 2 is 1.95 bits per heavy atom. The number of halogens is 2. The Balaban J connectivity index is 3.43. The van der Waals surface area contributed by atoms with E-state index in [0.29, 0.717) is 0 Å². The highest BCUT2D eigenvalue weighted by atomic mass is 35.5. The van der Waals surface area contributed by atoms with Gasteiger partial charge in [-0.1, -0.05) is 23.2 Å². The van der Waals surface area contributed by atoms with E-state index < -0.39 is 37.6 Å². The van der Waals surface area contributed by atoms with Crippen molar-refractivity contribution in [1.29, 1.82) is 0 Å². The Kier molecular flexibility index (Phi) is 5.39. The first-order chi connectivity index (χ1) is 9.07. The molecule has 0 fully saturated rings. The number of carboxylic acids is 1. The Labute approximate surface area is 126 Å². The molecule has 0 bridgehead atoms. The Morgan fingerprint density at radius 1 is 1.40 bits per heavy atom. The minimum Gasteiger partial charge on any atom is -0.478 e. The normalized spacial score (nSPS) is 13.5. The Morgan fingerprint density at radius 3 is 2.40 bits per heavy atom. The lowest BCUT2D eigenvalue weighted by Gasteiger charge is -2.20. The molecule has 0 aliphatic carbocycles. The highest BCUT2D eigenvalue weighted by Gasteiger charge is 2.28. The van der Waals surface area contributed by atoms with E-state index >= 15 is 0 Å². The van der Waals surface area contributed by atoms with E-state index in [4.69, 9.17) is 28.3 Å². The minimum atomic E-state index is -4.05. The standard InChI is InChI=1S/C11H13Cl2NO5S/c1-6(15)5-14(2)20(18,19)9-4-7(12)3-8(10(9)13)11(16)17/h3-4,6,15H,5H2,1-2H3,(H,16,17). The molecule has 1 atom stereocenters. The van der Waals surface area contributed by atoms with Crippen molar-refractivity contribution in [2.75, 3.05) is 13.6 Å². The maximum absolute atomic E-state index is 12.3. The van der Waals surface area contributed by atoms with Gasteiger partial charge in [-0.05, 0) is 19.1 Å². The molecular formula is C11H13Cl2NO5S. The van der Waals surface area contributed by atoms with E-state index in [1.54, 1.807) is 0 Å². The first-order valence-corrected chi connectivity index (χ1v) is 7.63. The van der Waals surface area contributed by atoms with Crippen molar-refractivity contribution in [3.8, 4) is 0 Å². The van der Waals surface area contributed by atoms with Gasteiger partial charge < -0.3 is 10.2 Å². The van der Waals surface area contributed by atoms with Gasteiger partial charge in [-0.25, -0.2) is 13.2 Å².